The van der Waals surface area contributed by atoms with Gasteiger partial charge in [0.05, 0.1) is 27.1 Å². The number of hydrogen-bond donors (Lipinski definition) is 0. The maximum Gasteiger partial charge on any atom is 0.0661 e. The number of fused-ring (bicyclic) bond motifs is 19. The highest BCUT2D eigenvalue weighted by atomic mass is 32.1. The molecule has 97 heavy (non-hydrogen) atoms. The Bertz CT molecular complexity index is 6330. The highest BCUT2D eigenvalue weighted by molar-refractivity contribution is 7.27. The van der Waals surface area contributed by atoms with E-state index in [9.17, 15) is 0 Å². The van der Waals surface area contributed by atoms with Crippen molar-refractivity contribution in [1.29, 1.82) is 0 Å². The van der Waals surface area contributed by atoms with Crippen LogP contribution >= 0.6 is 22.7 Å². The Morgan fingerprint density at radius 1 is 0.268 bits per heavy atom. The molecule has 0 radical (unpaired) electrons. The summed E-state index contributed by atoms with van der Waals surface area (Å²) >= 11 is 3.83. The minimum Gasteiger partial charge on any atom is -0.310 e. The van der Waals surface area contributed by atoms with Crippen LogP contribution in [0.15, 0.2) is 309 Å². The average molecular weight is 1280 g/mol. The Hall–Kier alpha value is -11.3. The van der Waals surface area contributed by atoms with Crippen molar-refractivity contribution in [2.75, 3.05) is 9.80 Å². The lowest BCUT2D eigenvalue weighted by molar-refractivity contribution is 0.866. The molecule has 0 aliphatic carbocycles. The smallest absolute Gasteiger partial charge is 0.0661 e. The molecule has 0 atom stereocenters. The molecule has 19 rings (SSSR count). The number of anilines is 6. The van der Waals surface area contributed by atoms with E-state index >= 15 is 0 Å². The zero-order valence-electron chi connectivity index (χ0n) is 54.3. The number of thiophene rings is 2. The van der Waals surface area contributed by atoms with Gasteiger partial charge in [-0.25, -0.2) is 0 Å². The van der Waals surface area contributed by atoms with Crippen LogP contribution < -0.4 is 9.80 Å². The van der Waals surface area contributed by atoms with Gasteiger partial charge in [-0.3, -0.25) is 0 Å². The molecule has 0 saturated heterocycles. The van der Waals surface area contributed by atoms with Gasteiger partial charge in [-0.15, -0.1) is 22.7 Å². The zero-order chi connectivity index (χ0) is 64.6. The first-order chi connectivity index (χ1) is 47.7. The van der Waals surface area contributed by atoms with Crippen molar-refractivity contribution in [1.82, 2.24) is 4.57 Å². The average Bonchev–Trinajstić information content (AvgIpc) is 1.53. The van der Waals surface area contributed by atoms with E-state index < -0.39 is 0 Å². The van der Waals surface area contributed by atoms with E-state index in [1.54, 1.807) is 0 Å². The minimum absolute atomic E-state index is 0.375. The summed E-state index contributed by atoms with van der Waals surface area (Å²) in [6.45, 7) is 9.14. The van der Waals surface area contributed by atoms with Crippen molar-refractivity contribution in [3.8, 4) is 27.9 Å². The van der Waals surface area contributed by atoms with E-state index in [0.29, 0.717) is 11.8 Å². The van der Waals surface area contributed by atoms with Gasteiger partial charge in [0, 0.05) is 74.9 Å². The van der Waals surface area contributed by atoms with E-state index in [1.165, 1.54) is 138 Å². The summed E-state index contributed by atoms with van der Waals surface area (Å²) in [6, 6.07) is 117. The number of benzene rings is 16. The van der Waals surface area contributed by atoms with Crippen LogP contribution in [0.25, 0.3) is 144 Å². The third-order valence-corrected chi connectivity index (χ3v) is 22.8. The highest BCUT2D eigenvalue weighted by Gasteiger charge is 2.30. The van der Waals surface area contributed by atoms with Crippen LogP contribution in [0, 0.1) is 0 Å². The normalized spacial score (nSPS) is 12.1. The first-order valence-corrected chi connectivity index (χ1v) is 35.5. The highest BCUT2D eigenvalue weighted by Crippen LogP contribution is 2.56. The molecule has 0 unspecified atom stereocenters. The number of nitrogens with zero attached hydrogens (tertiary/aromatic N) is 3. The summed E-state index contributed by atoms with van der Waals surface area (Å²) in [6.07, 6.45) is 0. The molecule has 0 N–H and O–H groups in total. The molecule has 3 nitrogen and oxygen atoms in total. The van der Waals surface area contributed by atoms with Crippen molar-refractivity contribution in [3.63, 3.8) is 0 Å². The molecule has 19 aromatic rings. The number of rotatable bonds is 11. The minimum atomic E-state index is 0.375. The largest absolute Gasteiger partial charge is 0.310 e. The molecule has 0 saturated carbocycles. The van der Waals surface area contributed by atoms with Gasteiger partial charge in [-0.1, -0.05) is 240 Å². The fraction of sp³-hybridized carbons (Fsp3) is 0.0652. The second kappa shape index (κ2) is 22.7. The molecule has 0 fully saturated rings. The lowest BCUT2D eigenvalue weighted by atomic mass is 9.94. The van der Waals surface area contributed by atoms with E-state index in [0.717, 1.165) is 50.8 Å². The molecule has 3 aromatic heterocycles. The summed E-state index contributed by atoms with van der Waals surface area (Å²) in [5, 5.41) is 19.9. The van der Waals surface area contributed by atoms with Gasteiger partial charge < -0.3 is 14.4 Å². The van der Waals surface area contributed by atoms with Crippen molar-refractivity contribution < 1.29 is 0 Å². The van der Waals surface area contributed by atoms with Crippen LogP contribution in [0.1, 0.15) is 50.7 Å². The first kappa shape index (κ1) is 57.1. The van der Waals surface area contributed by atoms with E-state index in [2.05, 4.69) is 351 Å². The summed E-state index contributed by atoms with van der Waals surface area (Å²) in [5.74, 6) is 0.753. The van der Waals surface area contributed by atoms with Crippen LogP contribution in [-0.2, 0) is 0 Å². The van der Waals surface area contributed by atoms with Gasteiger partial charge in [0.15, 0.2) is 0 Å². The van der Waals surface area contributed by atoms with E-state index in [-0.39, 0.29) is 0 Å². The molecule has 460 valence electrons. The Balaban J connectivity index is 0.943. The maximum atomic E-state index is 2.64. The summed E-state index contributed by atoms with van der Waals surface area (Å²) < 4.78 is 7.66. The van der Waals surface area contributed by atoms with Crippen LogP contribution in [0.5, 0.6) is 0 Å². The van der Waals surface area contributed by atoms with Gasteiger partial charge in [0.25, 0.3) is 0 Å². The predicted octanol–water partition coefficient (Wildman–Crippen LogP) is 27.8. The quantitative estimate of drug-likeness (QED) is 0.120. The van der Waals surface area contributed by atoms with Crippen LogP contribution in [0.2, 0.25) is 0 Å². The molecule has 3 heterocycles. The van der Waals surface area contributed by atoms with Gasteiger partial charge in [-0.2, -0.15) is 0 Å². The topological polar surface area (TPSA) is 11.4 Å². The predicted molar refractivity (Wildman–Crippen MR) is 423 cm³/mol. The summed E-state index contributed by atoms with van der Waals surface area (Å²) in [5.41, 5.74) is 17.4. The van der Waals surface area contributed by atoms with Gasteiger partial charge >= 0.3 is 0 Å². The molecular weight excluding hydrogens is 1210 g/mol. The Morgan fingerprint density at radius 3 is 1.15 bits per heavy atom. The Kier molecular flexibility index (Phi) is 13.4. The van der Waals surface area contributed by atoms with Gasteiger partial charge in [0.2, 0.25) is 0 Å². The van der Waals surface area contributed by atoms with E-state index in [4.69, 9.17) is 0 Å². The van der Waals surface area contributed by atoms with Crippen LogP contribution in [-0.4, -0.2) is 4.57 Å². The molecule has 16 aromatic carbocycles. The summed E-state index contributed by atoms with van der Waals surface area (Å²) in [4.78, 5) is 5.08. The zero-order valence-corrected chi connectivity index (χ0v) is 55.9. The van der Waals surface area contributed by atoms with Crippen molar-refractivity contribution >= 4 is 173 Å². The second-order valence-electron chi connectivity index (χ2n) is 26.7. The monoisotopic (exact) mass is 1280 g/mol. The standard InChI is InChI=1S/C92H65N3S2/c1-56(2)58-33-41-68(42-34-58)93(69-45-37-62(38-46-69)66-31-29-60-17-5-7-19-64(60)51-66)81-54-83-90(92-87(81)78-25-13-15-27-85(78)97-92)89-82(95(83)72-49-50-77-75-23-10-9-21-73(75)74-22-11-12-24-76(74)80(77)53-72)55-84(91-88(89)79-26-14-16-28-86(79)96-91)94(70-43-35-59(36-44-70)57(3)4)71-47-39-63(40-48-71)67-32-30-61-18-6-8-20-65(61)52-67/h5-57H,1-4H3. The molecule has 0 amide bonds. The third-order valence-electron chi connectivity index (χ3n) is 20.5. The SMILES string of the molecule is CC(C)c1ccc(N(c2ccc(-c3ccc4ccccc4c3)cc2)c2cc3c(c4c2sc2ccccc24)c2c4sc5ccccc5c4c(N(c4ccc(-c5ccc6ccccc6c5)cc4)c4ccc(C(C)C)cc4)cc2n3-c2ccc3c4ccccc4c4ccccc4c3c2)cc1. The lowest BCUT2D eigenvalue weighted by Gasteiger charge is -2.27. The molecule has 0 aliphatic heterocycles. The fourth-order valence-electron chi connectivity index (χ4n) is 15.6. The second-order valence-corrected chi connectivity index (χ2v) is 28.8. The van der Waals surface area contributed by atoms with Crippen LogP contribution in [0.4, 0.5) is 34.1 Å². The molecule has 5 heteroatoms. The molecular formula is C92H65N3S2. The lowest BCUT2D eigenvalue weighted by Crippen LogP contribution is -2.11. The van der Waals surface area contributed by atoms with E-state index in [1.807, 2.05) is 22.7 Å². The number of aromatic nitrogens is 1. The molecule has 0 aliphatic rings. The van der Waals surface area contributed by atoms with Crippen molar-refractivity contribution in [2.24, 2.45) is 0 Å². The van der Waals surface area contributed by atoms with Gasteiger partial charge in [0.1, 0.15) is 0 Å². The van der Waals surface area contributed by atoms with Crippen LogP contribution in [0.3, 0.4) is 0 Å². The Morgan fingerprint density at radius 2 is 0.649 bits per heavy atom. The van der Waals surface area contributed by atoms with Crippen molar-refractivity contribution in [3.05, 3.63) is 321 Å². The maximum absolute atomic E-state index is 2.64. The fourth-order valence-corrected chi connectivity index (χ4v) is 18.1. The molecule has 0 spiro atoms. The first-order valence-electron chi connectivity index (χ1n) is 33.8. The Labute approximate surface area is 571 Å². The summed E-state index contributed by atoms with van der Waals surface area (Å²) in [7, 11) is 0. The van der Waals surface area contributed by atoms with Gasteiger partial charge in [-0.05, 0) is 196 Å². The third kappa shape index (κ3) is 9.28. The molecule has 0 bridgehead atoms. The number of hydrogen-bond acceptors (Lipinski definition) is 4. The van der Waals surface area contributed by atoms with Crippen molar-refractivity contribution in [2.45, 2.75) is 39.5 Å².